The number of aromatic amines is 1. The number of aromatic nitrogens is 1. The third-order valence-electron chi connectivity index (χ3n) is 4.83. The zero-order valence-corrected chi connectivity index (χ0v) is 15.2. The lowest BCUT2D eigenvalue weighted by Crippen LogP contribution is -2.38. The van der Waals surface area contributed by atoms with Gasteiger partial charge in [0.25, 0.3) is 0 Å². The zero-order valence-electron chi connectivity index (χ0n) is 14.3. The molecule has 1 aliphatic rings. The molecule has 1 heterocycles. The van der Waals surface area contributed by atoms with Crippen LogP contribution in [0, 0.1) is 6.92 Å². The number of H-pyrrole nitrogens is 1. The number of para-hydroxylation sites is 1. The molecule has 0 saturated carbocycles. The maximum Gasteiger partial charge on any atom is 0.171 e. The van der Waals surface area contributed by atoms with Gasteiger partial charge in [-0.25, -0.2) is 0 Å². The molecule has 0 amide bonds. The van der Waals surface area contributed by atoms with Crippen LogP contribution in [0.3, 0.4) is 0 Å². The maximum absolute atomic E-state index is 5.50. The molecule has 5 heteroatoms. The van der Waals surface area contributed by atoms with Gasteiger partial charge >= 0.3 is 0 Å². The molecule has 3 N–H and O–H groups in total. The highest BCUT2D eigenvalue weighted by molar-refractivity contribution is 7.80. The minimum Gasteiger partial charge on any atom is -0.497 e. The molecule has 25 heavy (non-hydrogen) atoms. The van der Waals surface area contributed by atoms with E-state index >= 15 is 0 Å². The first-order chi connectivity index (χ1) is 12.1. The zero-order chi connectivity index (χ0) is 17.4. The fourth-order valence-corrected chi connectivity index (χ4v) is 3.82. The monoisotopic (exact) mass is 351 g/mol. The van der Waals surface area contributed by atoms with Gasteiger partial charge in [0, 0.05) is 34.7 Å². The standard InChI is InChI=1S/C20H21N3OS/c1-12-5-3-4-6-17(12)23-20(25)21-13-9-15-16-11-14(24-2)7-8-18(16)22-19(15)10-13/h3-8,11,13,22H,9-10H2,1-2H3,(H2,21,23,25). The van der Waals surface area contributed by atoms with Crippen LogP contribution < -0.4 is 15.4 Å². The van der Waals surface area contributed by atoms with Gasteiger partial charge in [0.05, 0.1) is 7.11 Å². The summed E-state index contributed by atoms with van der Waals surface area (Å²) in [6.07, 6.45) is 1.90. The molecule has 0 radical (unpaired) electrons. The van der Waals surface area contributed by atoms with Crippen molar-refractivity contribution in [3.8, 4) is 5.75 Å². The van der Waals surface area contributed by atoms with Gasteiger partial charge in [0.1, 0.15) is 5.75 Å². The quantitative estimate of drug-likeness (QED) is 0.626. The number of nitrogens with one attached hydrogen (secondary N) is 3. The van der Waals surface area contributed by atoms with Crippen LogP contribution in [0.25, 0.3) is 10.9 Å². The number of hydrogen-bond donors (Lipinski definition) is 3. The van der Waals surface area contributed by atoms with E-state index in [-0.39, 0.29) is 0 Å². The van der Waals surface area contributed by atoms with Crippen LogP contribution in [-0.4, -0.2) is 23.2 Å². The normalized spacial score (nSPS) is 15.8. The Morgan fingerprint density at radius 1 is 1.20 bits per heavy atom. The molecule has 4 nitrogen and oxygen atoms in total. The molecule has 1 atom stereocenters. The molecule has 0 saturated heterocycles. The molecule has 2 aromatic carbocycles. The third-order valence-corrected chi connectivity index (χ3v) is 5.05. The molecule has 0 fully saturated rings. The second kappa shape index (κ2) is 6.41. The molecule has 1 aromatic heterocycles. The smallest absolute Gasteiger partial charge is 0.171 e. The van der Waals surface area contributed by atoms with Crippen LogP contribution in [0.4, 0.5) is 5.69 Å². The van der Waals surface area contributed by atoms with E-state index in [1.165, 1.54) is 27.7 Å². The summed E-state index contributed by atoms with van der Waals surface area (Å²) in [5.41, 5.74) is 6.06. The van der Waals surface area contributed by atoms with E-state index in [2.05, 4.69) is 40.7 Å². The Balaban J connectivity index is 1.46. The van der Waals surface area contributed by atoms with Crippen molar-refractivity contribution in [2.24, 2.45) is 0 Å². The highest BCUT2D eigenvalue weighted by atomic mass is 32.1. The van der Waals surface area contributed by atoms with Crippen molar-refractivity contribution in [1.82, 2.24) is 10.3 Å². The van der Waals surface area contributed by atoms with Crippen molar-refractivity contribution < 1.29 is 4.74 Å². The van der Waals surface area contributed by atoms with Crippen LogP contribution in [-0.2, 0) is 12.8 Å². The Morgan fingerprint density at radius 2 is 2.04 bits per heavy atom. The summed E-state index contributed by atoms with van der Waals surface area (Å²) in [6.45, 7) is 2.07. The number of fused-ring (bicyclic) bond motifs is 3. The number of aryl methyl sites for hydroxylation is 1. The Labute approximate surface area is 152 Å². The second-order valence-corrected chi connectivity index (χ2v) is 6.92. The van der Waals surface area contributed by atoms with E-state index in [1.54, 1.807) is 7.11 Å². The number of ether oxygens (including phenoxy) is 1. The summed E-state index contributed by atoms with van der Waals surface area (Å²) in [5.74, 6) is 0.891. The highest BCUT2D eigenvalue weighted by Crippen LogP contribution is 2.32. The molecular weight excluding hydrogens is 330 g/mol. The molecule has 0 aliphatic heterocycles. The molecule has 0 bridgehead atoms. The van der Waals surface area contributed by atoms with Gasteiger partial charge in [-0.3, -0.25) is 0 Å². The number of methoxy groups -OCH3 is 1. The number of anilines is 1. The van der Waals surface area contributed by atoms with Crippen molar-refractivity contribution in [2.75, 3.05) is 12.4 Å². The first-order valence-corrected chi connectivity index (χ1v) is 8.85. The summed E-state index contributed by atoms with van der Waals surface area (Å²) in [4.78, 5) is 3.53. The van der Waals surface area contributed by atoms with Crippen molar-refractivity contribution in [3.63, 3.8) is 0 Å². The second-order valence-electron chi connectivity index (χ2n) is 6.51. The maximum atomic E-state index is 5.50. The fraction of sp³-hybridized carbons (Fsp3) is 0.250. The Morgan fingerprint density at radius 3 is 2.84 bits per heavy atom. The van der Waals surface area contributed by atoms with Crippen molar-refractivity contribution in [1.29, 1.82) is 0 Å². The summed E-state index contributed by atoms with van der Waals surface area (Å²) < 4.78 is 5.36. The molecule has 4 rings (SSSR count). The lowest BCUT2D eigenvalue weighted by atomic mass is 10.1. The number of rotatable bonds is 3. The average molecular weight is 351 g/mol. The minimum atomic E-state index is 0.306. The summed E-state index contributed by atoms with van der Waals surface area (Å²) in [5, 5.41) is 8.67. The van der Waals surface area contributed by atoms with Crippen LogP contribution in [0.2, 0.25) is 0 Å². The van der Waals surface area contributed by atoms with Crippen LogP contribution in [0.1, 0.15) is 16.8 Å². The van der Waals surface area contributed by atoms with Gasteiger partial charge in [-0.1, -0.05) is 18.2 Å². The van der Waals surface area contributed by atoms with E-state index < -0.39 is 0 Å². The number of hydrogen-bond acceptors (Lipinski definition) is 2. The first-order valence-electron chi connectivity index (χ1n) is 8.44. The Kier molecular flexibility index (Phi) is 4.09. The van der Waals surface area contributed by atoms with E-state index in [9.17, 15) is 0 Å². The summed E-state index contributed by atoms with van der Waals surface area (Å²) in [7, 11) is 1.70. The van der Waals surface area contributed by atoms with Gasteiger partial charge in [0.2, 0.25) is 0 Å². The Hall–Kier alpha value is -2.53. The van der Waals surface area contributed by atoms with Crippen LogP contribution in [0.5, 0.6) is 5.75 Å². The average Bonchev–Trinajstić information content (AvgIpc) is 3.13. The Bertz CT molecular complexity index is 947. The predicted octanol–water partition coefficient (Wildman–Crippen LogP) is 3.94. The third kappa shape index (κ3) is 3.07. The minimum absolute atomic E-state index is 0.306. The van der Waals surface area contributed by atoms with Crippen molar-refractivity contribution >= 4 is 33.9 Å². The molecular formula is C20H21N3OS. The molecule has 1 aliphatic carbocycles. The van der Waals surface area contributed by atoms with E-state index in [1.807, 2.05) is 24.3 Å². The number of thiocarbonyl (C=S) groups is 1. The molecule has 1 unspecified atom stereocenters. The van der Waals surface area contributed by atoms with Gasteiger partial charge in [-0.15, -0.1) is 0 Å². The van der Waals surface area contributed by atoms with Crippen LogP contribution >= 0.6 is 12.2 Å². The largest absolute Gasteiger partial charge is 0.497 e. The van der Waals surface area contributed by atoms with E-state index in [0.717, 1.165) is 24.3 Å². The van der Waals surface area contributed by atoms with E-state index in [0.29, 0.717) is 11.2 Å². The lowest BCUT2D eigenvalue weighted by molar-refractivity contribution is 0.415. The summed E-state index contributed by atoms with van der Waals surface area (Å²) in [6, 6.07) is 14.6. The topological polar surface area (TPSA) is 49.1 Å². The highest BCUT2D eigenvalue weighted by Gasteiger charge is 2.26. The van der Waals surface area contributed by atoms with E-state index in [4.69, 9.17) is 17.0 Å². The first kappa shape index (κ1) is 16.0. The van der Waals surface area contributed by atoms with Gasteiger partial charge < -0.3 is 20.4 Å². The molecule has 128 valence electrons. The van der Waals surface area contributed by atoms with Gasteiger partial charge in [0.15, 0.2) is 5.11 Å². The fourth-order valence-electron chi connectivity index (χ4n) is 3.54. The molecule has 3 aromatic rings. The number of benzene rings is 2. The van der Waals surface area contributed by atoms with Crippen LogP contribution in [0.15, 0.2) is 42.5 Å². The molecule has 0 spiro atoms. The predicted molar refractivity (Wildman–Crippen MR) is 107 cm³/mol. The van der Waals surface area contributed by atoms with Crippen molar-refractivity contribution in [2.45, 2.75) is 25.8 Å². The van der Waals surface area contributed by atoms with Crippen molar-refractivity contribution in [3.05, 3.63) is 59.3 Å². The van der Waals surface area contributed by atoms with Gasteiger partial charge in [-0.2, -0.15) is 0 Å². The SMILES string of the molecule is COc1ccc2[nH]c3c(c2c1)CC(NC(=S)Nc1ccccc1C)C3. The summed E-state index contributed by atoms with van der Waals surface area (Å²) >= 11 is 5.50. The van der Waals surface area contributed by atoms with Gasteiger partial charge in [-0.05, 0) is 61.0 Å². The lowest BCUT2D eigenvalue weighted by Gasteiger charge is -2.17.